The summed E-state index contributed by atoms with van der Waals surface area (Å²) in [6.07, 6.45) is 2.87. The van der Waals surface area contributed by atoms with Crippen LogP contribution in [0.5, 0.6) is 5.75 Å². The lowest BCUT2D eigenvalue weighted by Crippen LogP contribution is -2.23. The number of nitrogens with one attached hydrogen (secondary N) is 2. The number of fused-ring (bicyclic) bond motifs is 1. The number of benzene rings is 1. The number of phenolic OH excluding ortho intramolecular Hbond substituents is 1. The lowest BCUT2D eigenvalue weighted by molar-refractivity contribution is 0.476. The summed E-state index contributed by atoms with van der Waals surface area (Å²) in [7, 11) is 0. The van der Waals surface area contributed by atoms with Gasteiger partial charge in [-0.05, 0) is 43.7 Å². The smallest absolute Gasteiger partial charge is 0.116 e. The van der Waals surface area contributed by atoms with E-state index in [1.54, 1.807) is 17.4 Å². The van der Waals surface area contributed by atoms with Crippen LogP contribution < -0.4 is 5.32 Å². The molecular formula is C16H19N3OS. The fourth-order valence-electron chi connectivity index (χ4n) is 2.62. The Bertz CT molecular complexity index is 747. The maximum atomic E-state index is 9.69. The molecule has 1 atom stereocenters. The molecule has 0 spiro atoms. The van der Waals surface area contributed by atoms with Crippen LogP contribution in [0.2, 0.25) is 0 Å². The van der Waals surface area contributed by atoms with Crippen LogP contribution in [0.4, 0.5) is 0 Å². The average Bonchev–Trinajstić information content (AvgIpc) is 3.05. The Morgan fingerprint density at radius 2 is 2.29 bits per heavy atom. The number of hydrogen-bond acceptors (Lipinski definition) is 4. The Balaban J connectivity index is 1.92. The fraction of sp³-hybridized carbons (Fsp3) is 0.312. The third-order valence-electron chi connectivity index (χ3n) is 3.62. The van der Waals surface area contributed by atoms with Crippen molar-refractivity contribution in [1.82, 2.24) is 15.3 Å². The first-order valence-electron chi connectivity index (χ1n) is 7.11. The molecule has 3 N–H and O–H groups in total. The van der Waals surface area contributed by atoms with E-state index in [-0.39, 0.29) is 6.04 Å². The van der Waals surface area contributed by atoms with E-state index in [1.165, 1.54) is 5.56 Å². The van der Waals surface area contributed by atoms with E-state index in [0.717, 1.165) is 34.6 Å². The van der Waals surface area contributed by atoms with Crippen molar-refractivity contribution in [2.24, 2.45) is 0 Å². The predicted octanol–water partition coefficient (Wildman–Crippen LogP) is 3.53. The van der Waals surface area contributed by atoms with Crippen LogP contribution >= 0.6 is 11.3 Å². The number of aromatic hydroxyl groups is 1. The van der Waals surface area contributed by atoms with Gasteiger partial charge < -0.3 is 15.4 Å². The second-order valence-corrected chi connectivity index (χ2v) is 6.21. The molecule has 1 aromatic carbocycles. The number of aromatic nitrogens is 2. The number of phenols is 1. The number of rotatable bonds is 5. The molecule has 0 aliphatic heterocycles. The standard InChI is InChI=1S/C16H19N3OS/c1-3-17-15(16-9-21-10(2)19-16)6-11-8-18-14-5-4-12(20)7-13(11)14/h4-5,7-9,15,17-18,20H,3,6H2,1-2H3/t15-/m0/s1. The largest absolute Gasteiger partial charge is 0.508 e. The molecule has 0 aliphatic rings. The highest BCUT2D eigenvalue weighted by atomic mass is 32.1. The van der Waals surface area contributed by atoms with Crippen LogP contribution in [0.3, 0.4) is 0 Å². The number of aryl methyl sites for hydroxylation is 1. The predicted molar refractivity (Wildman–Crippen MR) is 86.9 cm³/mol. The number of thiazole rings is 1. The van der Waals surface area contributed by atoms with Gasteiger partial charge in [-0.15, -0.1) is 11.3 Å². The Morgan fingerprint density at radius 3 is 3.00 bits per heavy atom. The summed E-state index contributed by atoms with van der Waals surface area (Å²) in [4.78, 5) is 7.87. The molecule has 0 radical (unpaired) electrons. The minimum absolute atomic E-state index is 0.196. The van der Waals surface area contributed by atoms with E-state index < -0.39 is 0 Å². The van der Waals surface area contributed by atoms with Gasteiger partial charge in [-0.1, -0.05) is 6.92 Å². The monoisotopic (exact) mass is 301 g/mol. The first-order valence-corrected chi connectivity index (χ1v) is 7.99. The maximum Gasteiger partial charge on any atom is 0.116 e. The molecule has 2 heterocycles. The summed E-state index contributed by atoms with van der Waals surface area (Å²) in [6, 6.07) is 5.62. The normalized spacial score (nSPS) is 12.9. The van der Waals surface area contributed by atoms with Crippen LogP contribution in [0, 0.1) is 6.92 Å². The number of hydrogen-bond donors (Lipinski definition) is 3. The van der Waals surface area contributed by atoms with Crippen molar-refractivity contribution in [2.45, 2.75) is 26.3 Å². The lowest BCUT2D eigenvalue weighted by atomic mass is 10.0. The van der Waals surface area contributed by atoms with Gasteiger partial charge in [0, 0.05) is 22.5 Å². The SMILES string of the molecule is CCN[C@@H](Cc1c[nH]c2ccc(O)cc12)c1csc(C)n1. The second kappa shape index (κ2) is 5.87. The number of H-pyrrole nitrogens is 1. The molecule has 3 aromatic rings. The first kappa shape index (κ1) is 14.1. The molecule has 0 amide bonds. The molecule has 0 bridgehead atoms. The molecule has 0 fully saturated rings. The highest BCUT2D eigenvalue weighted by Gasteiger charge is 2.16. The molecule has 0 aliphatic carbocycles. The summed E-state index contributed by atoms with van der Waals surface area (Å²) >= 11 is 1.68. The summed E-state index contributed by atoms with van der Waals surface area (Å²) in [5.41, 5.74) is 3.33. The molecule has 5 heteroatoms. The second-order valence-electron chi connectivity index (χ2n) is 5.15. The van der Waals surface area contributed by atoms with Crippen molar-refractivity contribution >= 4 is 22.2 Å². The number of aromatic amines is 1. The van der Waals surface area contributed by atoms with Crippen molar-refractivity contribution < 1.29 is 5.11 Å². The van der Waals surface area contributed by atoms with Gasteiger partial charge in [-0.2, -0.15) is 0 Å². The molecule has 0 saturated heterocycles. The van der Waals surface area contributed by atoms with Crippen LogP contribution in [-0.2, 0) is 6.42 Å². The highest BCUT2D eigenvalue weighted by molar-refractivity contribution is 7.09. The van der Waals surface area contributed by atoms with E-state index in [1.807, 2.05) is 25.3 Å². The summed E-state index contributed by atoms with van der Waals surface area (Å²) in [5, 5.41) is 17.5. The fourth-order valence-corrected chi connectivity index (χ4v) is 3.29. The molecule has 3 rings (SSSR count). The molecule has 110 valence electrons. The van der Waals surface area contributed by atoms with Crippen molar-refractivity contribution in [3.63, 3.8) is 0 Å². The third-order valence-corrected chi connectivity index (χ3v) is 4.41. The van der Waals surface area contributed by atoms with E-state index in [4.69, 9.17) is 0 Å². The van der Waals surface area contributed by atoms with Gasteiger partial charge in [-0.25, -0.2) is 4.98 Å². The quantitative estimate of drug-likeness (QED) is 0.675. The van der Waals surface area contributed by atoms with Gasteiger partial charge in [0.1, 0.15) is 5.75 Å². The minimum atomic E-state index is 0.196. The Labute approximate surface area is 127 Å². The highest BCUT2D eigenvalue weighted by Crippen LogP contribution is 2.27. The lowest BCUT2D eigenvalue weighted by Gasteiger charge is -2.15. The summed E-state index contributed by atoms with van der Waals surface area (Å²) < 4.78 is 0. The molecular weight excluding hydrogens is 282 g/mol. The van der Waals surface area contributed by atoms with Gasteiger partial charge >= 0.3 is 0 Å². The summed E-state index contributed by atoms with van der Waals surface area (Å²) in [6.45, 7) is 5.03. The van der Waals surface area contributed by atoms with Gasteiger partial charge in [-0.3, -0.25) is 0 Å². The van der Waals surface area contributed by atoms with Crippen LogP contribution in [0.15, 0.2) is 29.8 Å². The van der Waals surface area contributed by atoms with E-state index in [2.05, 4.69) is 27.6 Å². The Morgan fingerprint density at radius 1 is 1.43 bits per heavy atom. The zero-order valence-electron chi connectivity index (χ0n) is 12.2. The van der Waals surface area contributed by atoms with Crippen molar-refractivity contribution in [3.8, 4) is 5.75 Å². The number of likely N-dealkylation sites (N-methyl/N-ethyl adjacent to an activating group) is 1. The van der Waals surface area contributed by atoms with E-state index >= 15 is 0 Å². The van der Waals surface area contributed by atoms with Crippen molar-refractivity contribution in [2.75, 3.05) is 6.54 Å². The van der Waals surface area contributed by atoms with Gasteiger partial charge in [0.05, 0.1) is 16.7 Å². The van der Waals surface area contributed by atoms with Gasteiger partial charge in [0.2, 0.25) is 0 Å². The third kappa shape index (κ3) is 2.94. The van der Waals surface area contributed by atoms with Gasteiger partial charge in [0.15, 0.2) is 0 Å². The average molecular weight is 301 g/mol. The molecule has 4 nitrogen and oxygen atoms in total. The molecule has 0 unspecified atom stereocenters. The molecule has 2 aromatic heterocycles. The van der Waals surface area contributed by atoms with E-state index in [0.29, 0.717) is 5.75 Å². The van der Waals surface area contributed by atoms with Crippen LogP contribution in [0.1, 0.15) is 29.2 Å². The molecule has 21 heavy (non-hydrogen) atoms. The Kier molecular flexibility index (Phi) is 3.94. The van der Waals surface area contributed by atoms with Crippen LogP contribution in [0.25, 0.3) is 10.9 Å². The first-order chi connectivity index (χ1) is 10.2. The van der Waals surface area contributed by atoms with Gasteiger partial charge in [0.25, 0.3) is 0 Å². The molecule has 0 saturated carbocycles. The zero-order chi connectivity index (χ0) is 14.8. The summed E-state index contributed by atoms with van der Waals surface area (Å²) in [5.74, 6) is 0.299. The Hall–Kier alpha value is -1.85. The maximum absolute atomic E-state index is 9.69. The topological polar surface area (TPSA) is 60.9 Å². The van der Waals surface area contributed by atoms with Crippen LogP contribution in [-0.4, -0.2) is 21.6 Å². The number of nitrogens with zero attached hydrogens (tertiary/aromatic N) is 1. The zero-order valence-corrected chi connectivity index (χ0v) is 13.0. The van der Waals surface area contributed by atoms with Crippen molar-refractivity contribution in [3.05, 3.63) is 46.0 Å². The van der Waals surface area contributed by atoms with E-state index in [9.17, 15) is 5.11 Å². The van der Waals surface area contributed by atoms with Crippen molar-refractivity contribution in [1.29, 1.82) is 0 Å². The minimum Gasteiger partial charge on any atom is -0.508 e.